The van der Waals surface area contributed by atoms with Crippen LogP contribution in [0.25, 0.3) is 0 Å². The summed E-state index contributed by atoms with van der Waals surface area (Å²) in [5.41, 5.74) is 0.898. The molecule has 1 unspecified atom stereocenters. The van der Waals surface area contributed by atoms with E-state index in [9.17, 15) is 19.2 Å². The van der Waals surface area contributed by atoms with E-state index in [4.69, 9.17) is 9.98 Å². The Morgan fingerprint density at radius 2 is 1.24 bits per heavy atom. The van der Waals surface area contributed by atoms with Gasteiger partial charge in [-0.1, -0.05) is 41.5 Å². The third-order valence-corrected chi connectivity index (χ3v) is 6.52. The van der Waals surface area contributed by atoms with E-state index in [-0.39, 0.29) is 40.0 Å². The smallest absolute Gasteiger partial charge is 0.149 e. The minimum atomic E-state index is -0.734. The predicted molar refractivity (Wildman–Crippen MR) is 132 cm³/mol. The maximum absolute atomic E-state index is 12.8. The zero-order valence-electron chi connectivity index (χ0n) is 21.6. The van der Waals surface area contributed by atoms with Crippen molar-refractivity contribution >= 4 is 34.6 Å². The van der Waals surface area contributed by atoms with Gasteiger partial charge in [-0.15, -0.1) is 0 Å². The topological polar surface area (TPSA) is 93.0 Å². The third kappa shape index (κ3) is 7.25. The molecule has 0 N–H and O–H groups in total. The molecular formula is C27H42N2O4. The average molecular weight is 459 g/mol. The van der Waals surface area contributed by atoms with Gasteiger partial charge in [-0.3, -0.25) is 29.2 Å². The Labute approximate surface area is 199 Å². The fraction of sp³-hybridized carbons (Fsp3) is 0.778. The Bertz CT molecular complexity index is 850. The highest BCUT2D eigenvalue weighted by Crippen LogP contribution is 2.37. The summed E-state index contributed by atoms with van der Waals surface area (Å²) in [6.45, 7) is 14.3. The molecule has 0 aromatic rings. The first-order chi connectivity index (χ1) is 15.3. The minimum absolute atomic E-state index is 0.0349. The van der Waals surface area contributed by atoms with Crippen molar-refractivity contribution in [3.8, 4) is 0 Å². The number of hydrogen-bond donors (Lipinski definition) is 0. The summed E-state index contributed by atoms with van der Waals surface area (Å²) >= 11 is 0. The number of hydrogen-bond acceptors (Lipinski definition) is 6. The molecule has 2 fully saturated rings. The molecule has 3 atom stereocenters. The van der Waals surface area contributed by atoms with E-state index in [1.165, 1.54) is 0 Å². The van der Waals surface area contributed by atoms with Gasteiger partial charge in [-0.05, 0) is 43.4 Å². The lowest BCUT2D eigenvalue weighted by atomic mass is 9.69. The molecule has 0 saturated heterocycles. The first kappa shape index (κ1) is 27.3. The van der Waals surface area contributed by atoms with Crippen LogP contribution in [0.15, 0.2) is 9.98 Å². The van der Waals surface area contributed by atoms with Gasteiger partial charge < -0.3 is 0 Å². The van der Waals surface area contributed by atoms with Crippen molar-refractivity contribution in [2.24, 2.45) is 32.7 Å². The normalized spacial score (nSPS) is 28.2. The molecule has 6 nitrogen and oxygen atoms in total. The zero-order valence-corrected chi connectivity index (χ0v) is 21.6. The first-order valence-corrected chi connectivity index (χ1v) is 12.5. The molecule has 0 spiro atoms. The van der Waals surface area contributed by atoms with Gasteiger partial charge in [0.2, 0.25) is 0 Å². The van der Waals surface area contributed by atoms with Crippen molar-refractivity contribution in [2.45, 2.75) is 106 Å². The Kier molecular flexibility index (Phi) is 9.06. The number of nitrogens with zero attached hydrogens (tertiary/aromatic N) is 2. The molecule has 0 amide bonds. The van der Waals surface area contributed by atoms with Gasteiger partial charge in [-0.25, -0.2) is 0 Å². The molecule has 0 aromatic carbocycles. The van der Waals surface area contributed by atoms with Gasteiger partial charge in [0.15, 0.2) is 0 Å². The van der Waals surface area contributed by atoms with Crippen LogP contribution < -0.4 is 0 Å². The van der Waals surface area contributed by atoms with Gasteiger partial charge in [0.25, 0.3) is 0 Å². The maximum atomic E-state index is 12.8. The van der Waals surface area contributed by atoms with Crippen LogP contribution in [-0.2, 0) is 19.2 Å². The zero-order chi connectivity index (χ0) is 25.0. The number of ketones is 4. The summed E-state index contributed by atoms with van der Waals surface area (Å²) in [6.07, 6.45) is 4.19. The summed E-state index contributed by atoms with van der Waals surface area (Å²) < 4.78 is 0. The molecule has 0 bridgehead atoms. The van der Waals surface area contributed by atoms with Crippen LogP contribution in [-0.4, -0.2) is 47.1 Å². The lowest BCUT2D eigenvalue weighted by Crippen LogP contribution is -2.43. The molecule has 0 radical (unpaired) electrons. The monoisotopic (exact) mass is 458 g/mol. The second kappa shape index (κ2) is 11.0. The molecular weight excluding hydrogens is 416 g/mol. The van der Waals surface area contributed by atoms with Crippen LogP contribution in [0.2, 0.25) is 0 Å². The Hall–Kier alpha value is -1.98. The van der Waals surface area contributed by atoms with Crippen LogP contribution in [0, 0.1) is 22.7 Å². The quantitative estimate of drug-likeness (QED) is 0.454. The van der Waals surface area contributed by atoms with Crippen LogP contribution in [0.1, 0.15) is 99.8 Å². The molecule has 6 heteroatoms. The first-order valence-electron chi connectivity index (χ1n) is 12.5. The fourth-order valence-electron chi connectivity index (χ4n) is 5.18. The van der Waals surface area contributed by atoms with Gasteiger partial charge >= 0.3 is 0 Å². The second-order valence-electron chi connectivity index (χ2n) is 11.6. The van der Waals surface area contributed by atoms with Gasteiger partial charge in [0, 0.05) is 37.1 Å². The minimum Gasteiger partial charge on any atom is -0.298 e. The van der Waals surface area contributed by atoms with E-state index in [1.54, 1.807) is 0 Å². The van der Waals surface area contributed by atoms with Crippen LogP contribution >= 0.6 is 0 Å². The number of rotatable bonds is 9. The molecule has 33 heavy (non-hydrogen) atoms. The van der Waals surface area contributed by atoms with E-state index in [2.05, 4.69) is 0 Å². The number of aliphatic imine (C=N–C) groups is 2. The molecule has 2 rings (SSSR count). The number of Topliss-reactive ketones (excluding diaryl/α,β-unsaturated/α-hetero) is 4. The molecule has 0 aromatic heterocycles. The Morgan fingerprint density at radius 3 is 1.70 bits per heavy atom. The Balaban J connectivity index is 2.29. The largest absolute Gasteiger partial charge is 0.298 e. The van der Waals surface area contributed by atoms with E-state index in [0.717, 1.165) is 0 Å². The Morgan fingerprint density at radius 1 is 0.818 bits per heavy atom. The predicted octanol–water partition coefficient (Wildman–Crippen LogP) is 5.01. The van der Waals surface area contributed by atoms with Crippen LogP contribution in [0.3, 0.4) is 0 Å². The lowest BCUT2D eigenvalue weighted by Gasteiger charge is -2.35. The number of carbonyl (C=O) groups excluding carboxylic acids is 4. The highest BCUT2D eigenvalue weighted by atomic mass is 16.2. The van der Waals surface area contributed by atoms with Crippen molar-refractivity contribution in [1.82, 2.24) is 0 Å². The van der Waals surface area contributed by atoms with Gasteiger partial charge in [0.1, 0.15) is 35.0 Å². The third-order valence-electron chi connectivity index (χ3n) is 6.52. The average Bonchev–Trinajstić information content (AvgIpc) is 2.64. The van der Waals surface area contributed by atoms with E-state index < -0.39 is 11.8 Å². The van der Waals surface area contributed by atoms with Gasteiger partial charge in [-0.2, -0.15) is 0 Å². The summed E-state index contributed by atoms with van der Waals surface area (Å²) in [5.74, 6) is -1.62. The highest BCUT2D eigenvalue weighted by Gasteiger charge is 2.42. The van der Waals surface area contributed by atoms with Crippen molar-refractivity contribution in [3.05, 3.63) is 0 Å². The van der Waals surface area contributed by atoms with Gasteiger partial charge in [0.05, 0.1) is 12.6 Å². The van der Waals surface area contributed by atoms with Crippen molar-refractivity contribution in [2.75, 3.05) is 6.54 Å². The van der Waals surface area contributed by atoms with E-state index in [1.807, 2.05) is 48.5 Å². The van der Waals surface area contributed by atoms with Crippen LogP contribution in [0.5, 0.6) is 0 Å². The molecule has 2 aliphatic rings. The van der Waals surface area contributed by atoms with Crippen molar-refractivity contribution in [3.63, 3.8) is 0 Å². The molecule has 184 valence electrons. The van der Waals surface area contributed by atoms with Crippen molar-refractivity contribution < 1.29 is 19.2 Å². The van der Waals surface area contributed by atoms with E-state index in [0.29, 0.717) is 69.3 Å². The summed E-state index contributed by atoms with van der Waals surface area (Å²) in [7, 11) is 0. The number of carbonyl (C=O) groups is 4. The maximum Gasteiger partial charge on any atom is 0.149 e. The second-order valence-corrected chi connectivity index (χ2v) is 11.6. The SMILES string of the molecule is CCCC(=O)C1C(=O)CC(C)(C)CC1=N[C@@H](C)CN=C1CC(C)(C)CC(=O)[C@H]1C(=O)CCC. The molecule has 0 heterocycles. The van der Waals surface area contributed by atoms with Crippen LogP contribution in [0.4, 0.5) is 0 Å². The highest BCUT2D eigenvalue weighted by molar-refractivity contribution is 6.23. The molecule has 2 saturated carbocycles. The summed E-state index contributed by atoms with van der Waals surface area (Å²) in [6, 6.07) is -0.242. The van der Waals surface area contributed by atoms with Crippen molar-refractivity contribution in [1.29, 1.82) is 0 Å². The molecule has 0 aliphatic heterocycles. The summed E-state index contributed by atoms with van der Waals surface area (Å²) in [4.78, 5) is 60.5. The fourth-order valence-corrected chi connectivity index (χ4v) is 5.18. The molecule has 2 aliphatic carbocycles. The standard InChI is InChI=1S/C27H42N2O4/c1-8-10-20(30)24-18(12-26(4,5)14-22(24)32)28-16-17(3)29-19-13-27(6,7)15-23(33)25(19)21(31)11-9-2/h17,24-25H,8-16H2,1-7H3/t17-,24+,25?/m0/s1. The summed E-state index contributed by atoms with van der Waals surface area (Å²) in [5, 5.41) is 0. The van der Waals surface area contributed by atoms with E-state index >= 15 is 0 Å². The lowest BCUT2D eigenvalue weighted by molar-refractivity contribution is -0.133.